The molecule has 0 bridgehead atoms. The number of amides is 1. The second kappa shape index (κ2) is 9.16. The average Bonchev–Trinajstić information content (AvgIpc) is 2.40. The molecule has 1 amide bonds. The molecular formula is C15H22N2O2. The standard InChI is InChI=1S/C15H22N2O2/c1-2-3-10-19-11-9-17-15(18)8-7-13-5-4-6-14(16)12-13/h2,4-6,12H,1,3,7-11,16H2,(H,17,18). The Bertz CT molecular complexity index is 405. The molecule has 104 valence electrons. The highest BCUT2D eigenvalue weighted by Crippen LogP contribution is 2.08. The van der Waals surface area contributed by atoms with Gasteiger partial charge >= 0.3 is 0 Å². The van der Waals surface area contributed by atoms with Crippen LogP contribution in [0.3, 0.4) is 0 Å². The molecule has 0 fully saturated rings. The van der Waals surface area contributed by atoms with Gasteiger partial charge in [-0.2, -0.15) is 0 Å². The van der Waals surface area contributed by atoms with Gasteiger partial charge in [0.2, 0.25) is 5.91 Å². The van der Waals surface area contributed by atoms with E-state index in [9.17, 15) is 4.79 Å². The maximum atomic E-state index is 11.6. The van der Waals surface area contributed by atoms with E-state index in [2.05, 4.69) is 11.9 Å². The quantitative estimate of drug-likeness (QED) is 0.406. The van der Waals surface area contributed by atoms with Crippen LogP contribution < -0.4 is 11.1 Å². The van der Waals surface area contributed by atoms with Gasteiger partial charge in [0.05, 0.1) is 13.2 Å². The van der Waals surface area contributed by atoms with E-state index in [0.29, 0.717) is 32.6 Å². The van der Waals surface area contributed by atoms with E-state index in [1.807, 2.05) is 30.3 Å². The summed E-state index contributed by atoms with van der Waals surface area (Å²) in [5.41, 5.74) is 7.49. The second-order valence-electron chi connectivity index (χ2n) is 4.28. The molecular weight excluding hydrogens is 240 g/mol. The highest BCUT2D eigenvalue weighted by molar-refractivity contribution is 5.76. The Labute approximate surface area is 114 Å². The van der Waals surface area contributed by atoms with Crippen LogP contribution in [0.15, 0.2) is 36.9 Å². The van der Waals surface area contributed by atoms with Gasteiger partial charge in [0.1, 0.15) is 0 Å². The maximum Gasteiger partial charge on any atom is 0.220 e. The van der Waals surface area contributed by atoms with Crippen LogP contribution in [-0.2, 0) is 16.0 Å². The van der Waals surface area contributed by atoms with Crippen molar-refractivity contribution < 1.29 is 9.53 Å². The lowest BCUT2D eigenvalue weighted by Gasteiger charge is -2.06. The number of rotatable bonds is 9. The Morgan fingerprint density at radius 3 is 3.00 bits per heavy atom. The number of nitrogens with two attached hydrogens (primary N) is 1. The summed E-state index contributed by atoms with van der Waals surface area (Å²) < 4.78 is 5.30. The number of nitrogen functional groups attached to an aromatic ring is 1. The molecule has 1 aromatic carbocycles. The lowest BCUT2D eigenvalue weighted by Crippen LogP contribution is -2.27. The summed E-state index contributed by atoms with van der Waals surface area (Å²) in [5.74, 6) is 0.0368. The van der Waals surface area contributed by atoms with Crippen molar-refractivity contribution in [3.8, 4) is 0 Å². The van der Waals surface area contributed by atoms with Gasteiger partial charge in [0, 0.05) is 18.7 Å². The molecule has 0 aliphatic rings. The molecule has 0 saturated heterocycles. The van der Waals surface area contributed by atoms with Crippen molar-refractivity contribution in [2.45, 2.75) is 19.3 Å². The van der Waals surface area contributed by atoms with Crippen LogP contribution >= 0.6 is 0 Å². The van der Waals surface area contributed by atoms with Crippen molar-refractivity contribution in [1.29, 1.82) is 0 Å². The SMILES string of the molecule is C=CCCOCCNC(=O)CCc1cccc(N)c1. The molecule has 1 rings (SSSR count). The molecule has 4 heteroatoms. The number of anilines is 1. The Morgan fingerprint density at radius 2 is 2.26 bits per heavy atom. The Kier molecular flexibility index (Phi) is 7.35. The van der Waals surface area contributed by atoms with Crippen LogP contribution in [0.2, 0.25) is 0 Å². The molecule has 0 unspecified atom stereocenters. The van der Waals surface area contributed by atoms with Crippen molar-refractivity contribution in [2.24, 2.45) is 0 Å². The van der Waals surface area contributed by atoms with Crippen LogP contribution in [-0.4, -0.2) is 25.7 Å². The van der Waals surface area contributed by atoms with E-state index in [4.69, 9.17) is 10.5 Å². The van der Waals surface area contributed by atoms with Crippen LogP contribution in [0, 0.1) is 0 Å². The topological polar surface area (TPSA) is 64.3 Å². The van der Waals surface area contributed by atoms with Gasteiger partial charge in [0.15, 0.2) is 0 Å². The van der Waals surface area contributed by atoms with Crippen molar-refractivity contribution in [3.05, 3.63) is 42.5 Å². The third kappa shape index (κ3) is 7.26. The predicted molar refractivity (Wildman–Crippen MR) is 77.8 cm³/mol. The largest absolute Gasteiger partial charge is 0.399 e. The molecule has 19 heavy (non-hydrogen) atoms. The molecule has 3 N–H and O–H groups in total. The van der Waals surface area contributed by atoms with Gasteiger partial charge in [-0.15, -0.1) is 6.58 Å². The molecule has 4 nitrogen and oxygen atoms in total. The fourth-order valence-electron chi connectivity index (χ4n) is 1.63. The maximum absolute atomic E-state index is 11.6. The zero-order valence-corrected chi connectivity index (χ0v) is 11.2. The van der Waals surface area contributed by atoms with Crippen molar-refractivity contribution >= 4 is 11.6 Å². The number of aryl methyl sites for hydroxylation is 1. The van der Waals surface area contributed by atoms with E-state index in [1.165, 1.54) is 0 Å². The minimum Gasteiger partial charge on any atom is -0.399 e. The van der Waals surface area contributed by atoms with Gasteiger partial charge in [-0.25, -0.2) is 0 Å². The number of hydrogen-bond donors (Lipinski definition) is 2. The first kappa shape index (κ1) is 15.2. The Hall–Kier alpha value is -1.81. The number of carbonyl (C=O) groups excluding carboxylic acids is 1. The molecule has 0 aliphatic heterocycles. The molecule has 0 saturated carbocycles. The fraction of sp³-hybridized carbons (Fsp3) is 0.400. The summed E-state index contributed by atoms with van der Waals surface area (Å²) in [4.78, 5) is 11.6. The smallest absolute Gasteiger partial charge is 0.220 e. The summed E-state index contributed by atoms with van der Waals surface area (Å²) in [5, 5.41) is 2.82. The molecule has 0 aromatic heterocycles. The first-order chi connectivity index (χ1) is 9.22. The summed E-state index contributed by atoms with van der Waals surface area (Å²) >= 11 is 0. The minimum atomic E-state index is 0.0368. The normalized spacial score (nSPS) is 10.1. The average molecular weight is 262 g/mol. The van der Waals surface area contributed by atoms with Crippen molar-refractivity contribution in [3.63, 3.8) is 0 Å². The minimum absolute atomic E-state index is 0.0368. The van der Waals surface area contributed by atoms with E-state index in [0.717, 1.165) is 17.7 Å². The number of ether oxygens (including phenoxy) is 1. The highest BCUT2D eigenvalue weighted by Gasteiger charge is 2.01. The number of carbonyl (C=O) groups is 1. The Morgan fingerprint density at radius 1 is 1.42 bits per heavy atom. The van der Waals surface area contributed by atoms with E-state index >= 15 is 0 Å². The zero-order valence-electron chi connectivity index (χ0n) is 11.2. The molecule has 1 aromatic rings. The lowest BCUT2D eigenvalue weighted by atomic mass is 10.1. The van der Waals surface area contributed by atoms with E-state index in [1.54, 1.807) is 0 Å². The van der Waals surface area contributed by atoms with Gasteiger partial charge in [-0.3, -0.25) is 4.79 Å². The Balaban J connectivity index is 2.09. The third-order valence-corrected chi connectivity index (χ3v) is 2.63. The zero-order chi connectivity index (χ0) is 13.9. The first-order valence-electron chi connectivity index (χ1n) is 6.52. The summed E-state index contributed by atoms with van der Waals surface area (Å²) in [6.07, 6.45) is 3.82. The number of benzene rings is 1. The summed E-state index contributed by atoms with van der Waals surface area (Å²) in [6.45, 7) is 5.35. The number of nitrogens with one attached hydrogen (secondary N) is 1. The third-order valence-electron chi connectivity index (χ3n) is 2.63. The van der Waals surface area contributed by atoms with Crippen molar-refractivity contribution in [2.75, 3.05) is 25.5 Å². The fourth-order valence-corrected chi connectivity index (χ4v) is 1.63. The molecule has 0 heterocycles. The molecule has 0 radical (unpaired) electrons. The van der Waals surface area contributed by atoms with Crippen LogP contribution in [0.4, 0.5) is 5.69 Å². The molecule has 0 aliphatic carbocycles. The van der Waals surface area contributed by atoms with Gasteiger partial charge in [-0.05, 0) is 30.5 Å². The monoisotopic (exact) mass is 262 g/mol. The van der Waals surface area contributed by atoms with Crippen LogP contribution in [0.5, 0.6) is 0 Å². The summed E-state index contributed by atoms with van der Waals surface area (Å²) in [7, 11) is 0. The van der Waals surface area contributed by atoms with Crippen LogP contribution in [0.25, 0.3) is 0 Å². The van der Waals surface area contributed by atoms with Crippen molar-refractivity contribution in [1.82, 2.24) is 5.32 Å². The predicted octanol–water partition coefficient (Wildman–Crippen LogP) is 1.91. The van der Waals surface area contributed by atoms with Gasteiger partial charge in [0.25, 0.3) is 0 Å². The lowest BCUT2D eigenvalue weighted by molar-refractivity contribution is -0.121. The van der Waals surface area contributed by atoms with E-state index < -0.39 is 0 Å². The van der Waals surface area contributed by atoms with Gasteiger partial charge in [-0.1, -0.05) is 18.2 Å². The number of hydrogen-bond acceptors (Lipinski definition) is 3. The summed E-state index contributed by atoms with van der Waals surface area (Å²) in [6, 6.07) is 7.61. The molecule has 0 atom stereocenters. The highest BCUT2D eigenvalue weighted by atomic mass is 16.5. The first-order valence-corrected chi connectivity index (χ1v) is 6.52. The van der Waals surface area contributed by atoms with Gasteiger partial charge < -0.3 is 15.8 Å². The van der Waals surface area contributed by atoms with Crippen LogP contribution in [0.1, 0.15) is 18.4 Å². The molecule has 0 spiro atoms. The van der Waals surface area contributed by atoms with E-state index in [-0.39, 0.29) is 5.91 Å². The second-order valence-corrected chi connectivity index (χ2v) is 4.28.